The lowest BCUT2D eigenvalue weighted by Crippen LogP contribution is -2.44. The molecule has 2 aliphatic rings. The Bertz CT molecular complexity index is 1020. The first kappa shape index (κ1) is 24.0. The first-order chi connectivity index (χ1) is 15.8. The van der Waals surface area contributed by atoms with Crippen molar-refractivity contribution in [1.29, 1.82) is 0 Å². The van der Waals surface area contributed by atoms with Gasteiger partial charge in [0.2, 0.25) is 5.91 Å². The molecule has 1 spiro atoms. The van der Waals surface area contributed by atoms with Crippen LogP contribution in [0.4, 0.5) is 0 Å². The van der Waals surface area contributed by atoms with Gasteiger partial charge in [-0.2, -0.15) is 0 Å². The van der Waals surface area contributed by atoms with Gasteiger partial charge in [-0.15, -0.1) is 0 Å². The highest BCUT2D eigenvalue weighted by atomic mass is 79.9. The molecule has 4 rings (SSSR count). The topological polar surface area (TPSA) is 46.6 Å². The number of likely N-dealkylation sites (tertiary alicyclic amines) is 1. The smallest absolute Gasteiger partial charge is 0.222 e. The Hall–Kier alpha value is -2.14. The third kappa shape index (κ3) is 5.18. The van der Waals surface area contributed by atoms with Crippen molar-refractivity contribution in [2.75, 3.05) is 13.1 Å². The molecule has 0 aromatic heterocycles. The van der Waals surface area contributed by atoms with Crippen LogP contribution in [0.3, 0.4) is 0 Å². The lowest BCUT2D eigenvalue weighted by Gasteiger charge is -2.41. The number of Topliss-reactive ketones (excluding diaryl/α,β-unsaturated/α-hetero) is 1. The maximum Gasteiger partial charge on any atom is 0.222 e. The highest BCUT2D eigenvalue weighted by Gasteiger charge is 2.47. The molecule has 1 atom stereocenters. The van der Waals surface area contributed by atoms with Gasteiger partial charge in [-0.1, -0.05) is 46.3 Å². The SMILES string of the molecule is CC(=O)CC1CC2(CCN(C(=O)CCc3ccccc3OC(C)C)CC2)c2c(Br)cccc21. The molecule has 33 heavy (non-hydrogen) atoms. The summed E-state index contributed by atoms with van der Waals surface area (Å²) in [6, 6.07) is 14.4. The second-order valence-corrected chi connectivity index (χ2v) is 10.8. The molecule has 1 saturated heterocycles. The van der Waals surface area contributed by atoms with Gasteiger partial charge < -0.3 is 14.4 Å². The number of rotatable bonds is 7. The number of ether oxygens (including phenoxy) is 1. The van der Waals surface area contributed by atoms with Crippen molar-refractivity contribution in [3.63, 3.8) is 0 Å². The van der Waals surface area contributed by atoms with Gasteiger partial charge in [0.05, 0.1) is 6.10 Å². The third-order valence-electron chi connectivity index (χ3n) is 7.20. The van der Waals surface area contributed by atoms with Crippen LogP contribution < -0.4 is 4.74 Å². The van der Waals surface area contributed by atoms with Crippen LogP contribution in [0.5, 0.6) is 5.75 Å². The summed E-state index contributed by atoms with van der Waals surface area (Å²) in [7, 11) is 0. The number of piperidine rings is 1. The van der Waals surface area contributed by atoms with E-state index in [0.717, 1.165) is 48.1 Å². The molecule has 0 bridgehead atoms. The maximum atomic E-state index is 13.1. The fourth-order valence-electron chi connectivity index (χ4n) is 5.77. The third-order valence-corrected chi connectivity index (χ3v) is 7.86. The molecule has 176 valence electrons. The fraction of sp³-hybridized carbons (Fsp3) is 0.500. The minimum absolute atomic E-state index is 0.0596. The molecule has 0 saturated carbocycles. The van der Waals surface area contributed by atoms with Gasteiger partial charge in [-0.05, 0) is 81.2 Å². The molecule has 1 aliphatic heterocycles. The Kier molecular flexibility index (Phi) is 7.28. The summed E-state index contributed by atoms with van der Waals surface area (Å²) in [4.78, 5) is 27.0. The number of fused-ring (bicyclic) bond motifs is 2. The second-order valence-electron chi connectivity index (χ2n) is 9.95. The van der Waals surface area contributed by atoms with Gasteiger partial charge in [0.25, 0.3) is 0 Å². The van der Waals surface area contributed by atoms with E-state index in [4.69, 9.17) is 4.74 Å². The molecule has 1 amide bonds. The summed E-state index contributed by atoms with van der Waals surface area (Å²) in [5.74, 6) is 1.63. The molecular formula is C28H34BrNO3. The number of para-hydroxylation sites is 1. The van der Waals surface area contributed by atoms with Crippen molar-refractivity contribution in [3.05, 3.63) is 63.6 Å². The minimum atomic E-state index is 0.0596. The van der Waals surface area contributed by atoms with Gasteiger partial charge in [-0.25, -0.2) is 0 Å². The molecule has 5 heteroatoms. The van der Waals surface area contributed by atoms with E-state index in [1.54, 1.807) is 6.92 Å². The van der Waals surface area contributed by atoms with Crippen LogP contribution in [0.1, 0.15) is 75.5 Å². The number of nitrogens with zero attached hydrogens (tertiary/aromatic N) is 1. The molecular weight excluding hydrogens is 478 g/mol. The van der Waals surface area contributed by atoms with E-state index in [9.17, 15) is 9.59 Å². The van der Waals surface area contributed by atoms with E-state index in [2.05, 4.69) is 40.2 Å². The lowest BCUT2D eigenvalue weighted by atomic mass is 9.73. The van der Waals surface area contributed by atoms with Gasteiger partial charge in [0.1, 0.15) is 11.5 Å². The number of hydrogen-bond acceptors (Lipinski definition) is 3. The zero-order valence-electron chi connectivity index (χ0n) is 19.9. The Morgan fingerprint density at radius 3 is 2.55 bits per heavy atom. The van der Waals surface area contributed by atoms with Crippen LogP contribution in [-0.2, 0) is 21.4 Å². The molecule has 1 fully saturated rings. The summed E-state index contributed by atoms with van der Waals surface area (Å²) in [6.45, 7) is 7.28. The van der Waals surface area contributed by atoms with Crippen molar-refractivity contribution in [3.8, 4) is 5.75 Å². The van der Waals surface area contributed by atoms with E-state index in [-0.39, 0.29) is 29.1 Å². The largest absolute Gasteiger partial charge is 0.491 e. The number of amides is 1. The molecule has 2 aromatic carbocycles. The Balaban J connectivity index is 1.41. The Labute approximate surface area is 205 Å². The molecule has 0 N–H and O–H groups in total. The van der Waals surface area contributed by atoms with Crippen molar-refractivity contribution < 1.29 is 14.3 Å². The Morgan fingerprint density at radius 1 is 1.12 bits per heavy atom. The first-order valence-corrected chi connectivity index (χ1v) is 12.9. The number of ketones is 1. The first-order valence-electron chi connectivity index (χ1n) is 12.1. The summed E-state index contributed by atoms with van der Waals surface area (Å²) in [6.07, 6.45) is 4.82. The van der Waals surface area contributed by atoms with Gasteiger partial charge >= 0.3 is 0 Å². The van der Waals surface area contributed by atoms with E-state index < -0.39 is 0 Å². The number of carbonyl (C=O) groups is 2. The highest BCUT2D eigenvalue weighted by Crippen LogP contribution is 2.55. The van der Waals surface area contributed by atoms with Crippen LogP contribution in [0.2, 0.25) is 0 Å². The predicted molar refractivity (Wildman–Crippen MR) is 135 cm³/mol. The quantitative estimate of drug-likeness (QED) is 0.444. The average Bonchev–Trinajstić information content (AvgIpc) is 3.06. The molecule has 0 radical (unpaired) electrons. The van der Waals surface area contributed by atoms with Crippen LogP contribution in [0.15, 0.2) is 46.9 Å². The minimum Gasteiger partial charge on any atom is -0.491 e. The molecule has 4 nitrogen and oxygen atoms in total. The second kappa shape index (κ2) is 10.0. The summed E-state index contributed by atoms with van der Waals surface area (Å²) in [5.41, 5.74) is 3.85. The van der Waals surface area contributed by atoms with Crippen molar-refractivity contribution in [2.45, 2.75) is 76.7 Å². The van der Waals surface area contributed by atoms with E-state index in [1.807, 2.05) is 36.9 Å². The van der Waals surface area contributed by atoms with Gasteiger partial charge in [0.15, 0.2) is 0 Å². The summed E-state index contributed by atoms with van der Waals surface area (Å²) >= 11 is 3.79. The predicted octanol–water partition coefficient (Wildman–Crippen LogP) is 6.20. The van der Waals surface area contributed by atoms with Gasteiger partial charge in [-0.3, -0.25) is 4.79 Å². The van der Waals surface area contributed by atoms with Crippen molar-refractivity contribution in [2.24, 2.45) is 0 Å². The van der Waals surface area contributed by atoms with E-state index >= 15 is 0 Å². The maximum absolute atomic E-state index is 13.1. The van der Waals surface area contributed by atoms with Crippen LogP contribution in [-0.4, -0.2) is 35.8 Å². The Morgan fingerprint density at radius 2 is 1.85 bits per heavy atom. The number of aryl methyl sites for hydroxylation is 1. The fourth-order valence-corrected chi connectivity index (χ4v) is 6.57. The average molecular weight is 512 g/mol. The van der Waals surface area contributed by atoms with Crippen LogP contribution >= 0.6 is 15.9 Å². The normalized spacial score (nSPS) is 19.1. The van der Waals surface area contributed by atoms with Gasteiger partial charge in [0, 0.05) is 35.8 Å². The van der Waals surface area contributed by atoms with E-state index in [0.29, 0.717) is 19.3 Å². The standard InChI is InChI=1S/C28H34BrNO3/c1-19(2)33-25-10-5-4-7-21(25)11-12-26(32)30-15-13-28(14-16-30)18-22(17-20(3)31)23-8-6-9-24(29)27(23)28/h4-10,19,22H,11-18H2,1-3H3. The number of hydrogen-bond donors (Lipinski definition) is 0. The molecule has 1 heterocycles. The molecule has 1 unspecified atom stereocenters. The van der Waals surface area contributed by atoms with Crippen molar-refractivity contribution >= 4 is 27.6 Å². The highest BCUT2D eigenvalue weighted by molar-refractivity contribution is 9.10. The number of benzene rings is 2. The zero-order chi connectivity index (χ0) is 23.6. The lowest BCUT2D eigenvalue weighted by molar-refractivity contribution is -0.132. The zero-order valence-corrected chi connectivity index (χ0v) is 21.5. The van der Waals surface area contributed by atoms with Crippen molar-refractivity contribution in [1.82, 2.24) is 4.90 Å². The van der Waals surface area contributed by atoms with E-state index in [1.165, 1.54) is 11.1 Å². The molecule has 1 aliphatic carbocycles. The van der Waals surface area contributed by atoms with Crippen LogP contribution in [0, 0.1) is 0 Å². The number of carbonyl (C=O) groups excluding carboxylic acids is 2. The summed E-state index contributed by atoms with van der Waals surface area (Å²) in [5, 5.41) is 0. The monoisotopic (exact) mass is 511 g/mol. The number of halogens is 1. The van der Waals surface area contributed by atoms with Crippen LogP contribution in [0.25, 0.3) is 0 Å². The molecule has 2 aromatic rings. The summed E-state index contributed by atoms with van der Waals surface area (Å²) < 4.78 is 7.06.